The second-order valence-electron chi connectivity index (χ2n) is 4.83. The Balaban J connectivity index is 0.00000180. The van der Waals surface area contributed by atoms with Gasteiger partial charge < -0.3 is 15.8 Å². The first-order valence-corrected chi connectivity index (χ1v) is 6.47. The first kappa shape index (κ1) is 15.8. The Labute approximate surface area is 120 Å². The smallest absolute Gasteiger partial charge is 0.407 e. The van der Waals surface area contributed by atoms with E-state index in [0.717, 1.165) is 31.2 Å². The molecule has 3 N–H and O–H groups in total. The fraction of sp³-hybridized carbons (Fsp3) is 0.500. The van der Waals surface area contributed by atoms with Gasteiger partial charge in [-0.05, 0) is 31.2 Å². The zero-order valence-electron chi connectivity index (χ0n) is 10.9. The lowest BCUT2D eigenvalue weighted by atomic mass is 9.92. The first-order chi connectivity index (χ1) is 8.74. The van der Waals surface area contributed by atoms with Crippen molar-refractivity contribution in [2.45, 2.75) is 44.4 Å². The summed E-state index contributed by atoms with van der Waals surface area (Å²) in [4.78, 5) is 11.6. The topological polar surface area (TPSA) is 64.3 Å². The lowest BCUT2D eigenvalue weighted by Gasteiger charge is -2.26. The molecule has 106 valence electrons. The van der Waals surface area contributed by atoms with Crippen molar-refractivity contribution in [3.05, 3.63) is 35.9 Å². The van der Waals surface area contributed by atoms with Crippen LogP contribution in [0.4, 0.5) is 4.79 Å². The zero-order valence-corrected chi connectivity index (χ0v) is 11.7. The summed E-state index contributed by atoms with van der Waals surface area (Å²) in [7, 11) is 0. The molecule has 0 unspecified atom stereocenters. The minimum Gasteiger partial charge on any atom is -0.445 e. The van der Waals surface area contributed by atoms with Gasteiger partial charge in [-0.2, -0.15) is 0 Å². The van der Waals surface area contributed by atoms with E-state index in [4.69, 9.17) is 10.5 Å². The molecule has 19 heavy (non-hydrogen) atoms. The SMILES string of the molecule is Cl.N[C@@H]1CCC[C@@H](NC(=O)OCc2ccccc2)C1. The molecule has 0 heterocycles. The van der Waals surface area contributed by atoms with E-state index in [1.54, 1.807) is 0 Å². The fourth-order valence-electron chi connectivity index (χ4n) is 2.29. The van der Waals surface area contributed by atoms with Crippen molar-refractivity contribution in [1.29, 1.82) is 0 Å². The highest BCUT2D eigenvalue weighted by atomic mass is 35.5. The molecule has 0 radical (unpaired) electrons. The molecule has 0 saturated heterocycles. The lowest BCUT2D eigenvalue weighted by molar-refractivity contribution is 0.132. The summed E-state index contributed by atoms with van der Waals surface area (Å²) >= 11 is 0. The fourth-order valence-corrected chi connectivity index (χ4v) is 2.29. The molecule has 4 nitrogen and oxygen atoms in total. The van der Waals surface area contributed by atoms with Crippen molar-refractivity contribution in [1.82, 2.24) is 5.32 Å². The Morgan fingerprint density at radius 2 is 2.05 bits per heavy atom. The number of benzene rings is 1. The Bertz CT molecular complexity index is 386. The third-order valence-corrected chi connectivity index (χ3v) is 3.25. The summed E-state index contributed by atoms with van der Waals surface area (Å²) in [5, 5.41) is 2.88. The summed E-state index contributed by atoms with van der Waals surface area (Å²) < 4.78 is 5.18. The third kappa shape index (κ3) is 5.49. The average molecular weight is 285 g/mol. The molecule has 1 fully saturated rings. The molecule has 1 amide bonds. The van der Waals surface area contributed by atoms with Crippen molar-refractivity contribution < 1.29 is 9.53 Å². The predicted molar refractivity (Wildman–Crippen MR) is 77.2 cm³/mol. The van der Waals surface area contributed by atoms with Crippen molar-refractivity contribution in [2.24, 2.45) is 5.73 Å². The van der Waals surface area contributed by atoms with Crippen LogP contribution in [0, 0.1) is 0 Å². The Morgan fingerprint density at radius 3 is 2.74 bits per heavy atom. The van der Waals surface area contributed by atoms with Crippen molar-refractivity contribution >= 4 is 18.5 Å². The van der Waals surface area contributed by atoms with Crippen molar-refractivity contribution in [3.8, 4) is 0 Å². The second-order valence-corrected chi connectivity index (χ2v) is 4.83. The molecule has 5 heteroatoms. The number of halogens is 1. The number of rotatable bonds is 3. The lowest BCUT2D eigenvalue weighted by Crippen LogP contribution is -2.42. The van der Waals surface area contributed by atoms with Gasteiger partial charge in [0.1, 0.15) is 6.61 Å². The van der Waals surface area contributed by atoms with E-state index in [-0.39, 0.29) is 30.6 Å². The van der Waals surface area contributed by atoms with Crippen LogP contribution in [0.5, 0.6) is 0 Å². The van der Waals surface area contributed by atoms with Gasteiger partial charge in [0.05, 0.1) is 0 Å². The number of alkyl carbamates (subject to hydrolysis) is 1. The van der Waals surface area contributed by atoms with Gasteiger partial charge in [-0.15, -0.1) is 12.4 Å². The van der Waals surface area contributed by atoms with E-state index in [2.05, 4.69) is 5.32 Å². The van der Waals surface area contributed by atoms with Gasteiger partial charge in [-0.1, -0.05) is 30.3 Å². The molecule has 2 rings (SSSR count). The summed E-state index contributed by atoms with van der Waals surface area (Å²) in [6.45, 7) is 0.311. The van der Waals surface area contributed by atoms with E-state index in [9.17, 15) is 4.79 Å². The van der Waals surface area contributed by atoms with Gasteiger partial charge in [0, 0.05) is 12.1 Å². The van der Waals surface area contributed by atoms with Crippen LogP contribution in [0.15, 0.2) is 30.3 Å². The van der Waals surface area contributed by atoms with Crippen LogP contribution in [-0.2, 0) is 11.3 Å². The molecule has 2 atom stereocenters. The summed E-state index contributed by atoms with van der Waals surface area (Å²) in [6.07, 6.45) is 3.62. The molecule has 0 aliphatic heterocycles. The van der Waals surface area contributed by atoms with E-state index in [1.165, 1.54) is 0 Å². The number of ether oxygens (including phenoxy) is 1. The number of nitrogens with one attached hydrogen (secondary N) is 1. The van der Waals surface area contributed by atoms with Gasteiger partial charge >= 0.3 is 6.09 Å². The van der Waals surface area contributed by atoms with Crippen LogP contribution < -0.4 is 11.1 Å². The molecule has 0 aromatic heterocycles. The highest BCUT2D eigenvalue weighted by Gasteiger charge is 2.21. The third-order valence-electron chi connectivity index (χ3n) is 3.25. The normalized spacial score (nSPS) is 22.2. The molecular weight excluding hydrogens is 264 g/mol. The molecule has 1 aliphatic rings. The van der Waals surface area contributed by atoms with Crippen molar-refractivity contribution in [3.63, 3.8) is 0 Å². The van der Waals surface area contributed by atoms with Crippen LogP contribution in [0.1, 0.15) is 31.2 Å². The van der Waals surface area contributed by atoms with E-state index < -0.39 is 0 Å². The van der Waals surface area contributed by atoms with Crippen LogP contribution in [0.3, 0.4) is 0 Å². The highest BCUT2D eigenvalue weighted by Crippen LogP contribution is 2.17. The van der Waals surface area contributed by atoms with E-state index >= 15 is 0 Å². The molecule has 1 aliphatic carbocycles. The minimum absolute atomic E-state index is 0. The summed E-state index contributed by atoms with van der Waals surface area (Å²) in [6, 6.07) is 10.0. The number of nitrogens with two attached hydrogens (primary N) is 1. The number of hydrogen-bond donors (Lipinski definition) is 2. The van der Waals surface area contributed by atoms with E-state index in [1.807, 2.05) is 30.3 Å². The minimum atomic E-state index is -0.349. The monoisotopic (exact) mass is 284 g/mol. The van der Waals surface area contributed by atoms with Gasteiger partial charge in [-0.3, -0.25) is 0 Å². The standard InChI is InChI=1S/C14H20N2O2.ClH/c15-12-7-4-8-13(9-12)16-14(17)18-10-11-5-2-1-3-6-11;/h1-3,5-6,12-13H,4,7-10,15H2,(H,16,17);1H/t12-,13-;/m1./s1. The maximum Gasteiger partial charge on any atom is 0.407 e. The summed E-state index contributed by atoms with van der Waals surface area (Å²) in [5.41, 5.74) is 6.87. The van der Waals surface area contributed by atoms with E-state index in [0.29, 0.717) is 6.61 Å². The average Bonchev–Trinajstić information content (AvgIpc) is 2.38. The molecule has 1 aromatic rings. The molecule has 1 saturated carbocycles. The van der Waals surface area contributed by atoms with Gasteiger partial charge in [0.25, 0.3) is 0 Å². The van der Waals surface area contributed by atoms with Crippen LogP contribution in [0.2, 0.25) is 0 Å². The van der Waals surface area contributed by atoms with Crippen LogP contribution >= 0.6 is 12.4 Å². The second kappa shape index (κ2) is 8.02. The predicted octanol–water partition coefficient (Wildman–Crippen LogP) is 2.60. The van der Waals surface area contributed by atoms with Crippen LogP contribution in [0.25, 0.3) is 0 Å². The number of hydrogen-bond acceptors (Lipinski definition) is 3. The first-order valence-electron chi connectivity index (χ1n) is 6.47. The summed E-state index contributed by atoms with van der Waals surface area (Å²) in [5.74, 6) is 0. The number of amides is 1. The molecule has 0 spiro atoms. The quantitative estimate of drug-likeness (QED) is 0.897. The number of carbonyl (C=O) groups excluding carboxylic acids is 1. The maximum atomic E-state index is 11.6. The Morgan fingerprint density at radius 1 is 1.32 bits per heavy atom. The maximum absolute atomic E-state index is 11.6. The zero-order chi connectivity index (χ0) is 12.8. The highest BCUT2D eigenvalue weighted by molar-refractivity contribution is 5.85. The van der Waals surface area contributed by atoms with Crippen LogP contribution in [-0.4, -0.2) is 18.2 Å². The van der Waals surface area contributed by atoms with Gasteiger partial charge in [0.2, 0.25) is 0 Å². The molecular formula is C14H21ClN2O2. The molecule has 1 aromatic carbocycles. The van der Waals surface area contributed by atoms with Crippen molar-refractivity contribution in [2.75, 3.05) is 0 Å². The van der Waals surface area contributed by atoms with Gasteiger partial charge in [0.15, 0.2) is 0 Å². The van der Waals surface area contributed by atoms with Gasteiger partial charge in [-0.25, -0.2) is 4.79 Å². The molecule has 0 bridgehead atoms. The largest absolute Gasteiger partial charge is 0.445 e. The Kier molecular flexibility index (Phi) is 6.67. The Hall–Kier alpha value is -1.26. The number of carbonyl (C=O) groups is 1.